The van der Waals surface area contributed by atoms with Gasteiger partial charge in [-0.3, -0.25) is 10.1 Å². The quantitative estimate of drug-likeness (QED) is 0.858. The average Bonchev–Trinajstić information content (AvgIpc) is 2.49. The molecule has 0 amide bonds. The van der Waals surface area contributed by atoms with Gasteiger partial charge in [0.15, 0.2) is 0 Å². The zero-order valence-electron chi connectivity index (χ0n) is 13.0. The summed E-state index contributed by atoms with van der Waals surface area (Å²) in [4.78, 5) is 15.9. The molecule has 0 aliphatic rings. The molecule has 0 spiro atoms. The van der Waals surface area contributed by atoms with E-state index >= 15 is 0 Å². The fourth-order valence-electron chi connectivity index (χ4n) is 2.26. The summed E-state index contributed by atoms with van der Waals surface area (Å²) in [6.45, 7) is 4.20. The van der Waals surface area contributed by atoms with Crippen molar-refractivity contribution in [1.29, 1.82) is 0 Å². The first-order valence-corrected chi connectivity index (χ1v) is 7.04. The third kappa shape index (κ3) is 3.83. The van der Waals surface area contributed by atoms with Gasteiger partial charge in [0.05, 0.1) is 12.8 Å². The van der Waals surface area contributed by atoms with E-state index in [1.807, 2.05) is 50.2 Å². The lowest BCUT2D eigenvalue weighted by atomic mass is 10.0. The molecule has 1 aromatic carbocycles. The average molecular weight is 300 g/mol. The van der Waals surface area contributed by atoms with Crippen molar-refractivity contribution in [2.45, 2.75) is 26.4 Å². The highest BCUT2D eigenvalue weighted by molar-refractivity contribution is 5.75. The Balaban J connectivity index is 2.14. The van der Waals surface area contributed by atoms with Crippen molar-refractivity contribution in [2.24, 2.45) is 0 Å². The molecule has 0 bridgehead atoms. The van der Waals surface area contributed by atoms with Crippen molar-refractivity contribution in [1.82, 2.24) is 10.3 Å². The van der Waals surface area contributed by atoms with Gasteiger partial charge in [-0.2, -0.15) is 0 Å². The minimum atomic E-state index is -0.912. The summed E-state index contributed by atoms with van der Waals surface area (Å²) in [6, 6.07) is 10.5. The Kier molecular flexibility index (Phi) is 5.12. The molecule has 1 unspecified atom stereocenters. The molecule has 1 aromatic heterocycles. The van der Waals surface area contributed by atoms with Gasteiger partial charge in [0, 0.05) is 12.1 Å². The maximum absolute atomic E-state index is 11.5. The number of hydrogen-bond donors (Lipinski definition) is 2. The zero-order chi connectivity index (χ0) is 16.1. The topological polar surface area (TPSA) is 71.5 Å². The molecule has 5 heteroatoms. The standard InChI is InChI=1S/C17H20N2O3/c1-11-5-4-6-13(9-11)15(17(20)21)18-10-14-8-7-12(2)16(19-14)22-3/h4-9,15,18H,10H2,1-3H3,(H,20,21). The van der Waals surface area contributed by atoms with E-state index in [9.17, 15) is 9.90 Å². The van der Waals surface area contributed by atoms with Crippen LogP contribution in [0.2, 0.25) is 0 Å². The normalized spacial score (nSPS) is 12.0. The molecule has 2 rings (SSSR count). The molecule has 5 nitrogen and oxygen atoms in total. The Morgan fingerprint density at radius 3 is 2.73 bits per heavy atom. The van der Waals surface area contributed by atoms with E-state index < -0.39 is 12.0 Å². The molecule has 0 saturated carbocycles. The van der Waals surface area contributed by atoms with Crippen molar-refractivity contribution in [3.63, 3.8) is 0 Å². The van der Waals surface area contributed by atoms with Crippen LogP contribution in [0.3, 0.4) is 0 Å². The van der Waals surface area contributed by atoms with Crippen LogP contribution in [0, 0.1) is 13.8 Å². The molecule has 0 saturated heterocycles. The minimum Gasteiger partial charge on any atom is -0.481 e. The molecule has 0 aliphatic heterocycles. The number of aliphatic carboxylic acids is 1. The number of carboxylic acids is 1. The summed E-state index contributed by atoms with van der Waals surface area (Å²) in [6.07, 6.45) is 0. The summed E-state index contributed by atoms with van der Waals surface area (Å²) in [5.74, 6) is -0.355. The molecule has 2 aromatic rings. The number of benzene rings is 1. The monoisotopic (exact) mass is 300 g/mol. The third-order valence-electron chi connectivity index (χ3n) is 3.41. The van der Waals surface area contributed by atoms with E-state index in [4.69, 9.17) is 4.74 Å². The summed E-state index contributed by atoms with van der Waals surface area (Å²) < 4.78 is 5.19. The highest BCUT2D eigenvalue weighted by Crippen LogP contribution is 2.17. The minimum absolute atomic E-state index is 0.349. The van der Waals surface area contributed by atoms with Crippen LogP contribution in [0.15, 0.2) is 36.4 Å². The number of nitrogens with zero attached hydrogens (tertiary/aromatic N) is 1. The number of carbonyl (C=O) groups is 1. The lowest BCUT2D eigenvalue weighted by molar-refractivity contribution is -0.139. The summed E-state index contributed by atoms with van der Waals surface area (Å²) in [5.41, 5.74) is 3.44. The molecule has 22 heavy (non-hydrogen) atoms. The highest BCUT2D eigenvalue weighted by Gasteiger charge is 2.19. The molecule has 0 aliphatic carbocycles. The van der Waals surface area contributed by atoms with Crippen molar-refractivity contribution in [2.75, 3.05) is 7.11 Å². The second-order valence-corrected chi connectivity index (χ2v) is 5.20. The second-order valence-electron chi connectivity index (χ2n) is 5.20. The largest absolute Gasteiger partial charge is 0.481 e. The van der Waals surface area contributed by atoms with E-state index in [1.165, 1.54) is 0 Å². The Labute approximate surface area is 130 Å². The number of rotatable bonds is 6. The van der Waals surface area contributed by atoms with Crippen molar-refractivity contribution < 1.29 is 14.6 Å². The molecule has 1 heterocycles. The number of hydrogen-bond acceptors (Lipinski definition) is 4. The van der Waals surface area contributed by atoms with E-state index in [0.717, 1.165) is 22.4 Å². The van der Waals surface area contributed by atoms with Gasteiger partial charge >= 0.3 is 5.97 Å². The zero-order valence-corrected chi connectivity index (χ0v) is 13.0. The molecule has 116 valence electrons. The SMILES string of the molecule is COc1nc(CNC(C(=O)O)c2cccc(C)c2)ccc1C. The van der Waals surface area contributed by atoms with Crippen LogP contribution in [0.1, 0.15) is 28.4 Å². The molecular formula is C17H20N2O3. The van der Waals surface area contributed by atoms with Crippen LogP contribution < -0.4 is 10.1 Å². The van der Waals surface area contributed by atoms with Crippen LogP contribution >= 0.6 is 0 Å². The van der Waals surface area contributed by atoms with Crippen LogP contribution in [-0.4, -0.2) is 23.2 Å². The predicted molar refractivity (Wildman–Crippen MR) is 83.9 cm³/mol. The van der Waals surface area contributed by atoms with E-state index in [-0.39, 0.29) is 0 Å². The van der Waals surface area contributed by atoms with Gasteiger partial charge in [0.1, 0.15) is 6.04 Å². The molecule has 0 radical (unpaired) electrons. The van der Waals surface area contributed by atoms with Gasteiger partial charge in [-0.25, -0.2) is 4.98 Å². The maximum Gasteiger partial charge on any atom is 0.325 e. The molecule has 1 atom stereocenters. The van der Waals surface area contributed by atoms with E-state index in [0.29, 0.717) is 12.4 Å². The van der Waals surface area contributed by atoms with Crippen molar-refractivity contribution in [3.05, 3.63) is 58.8 Å². The first kappa shape index (κ1) is 16.0. The first-order chi connectivity index (χ1) is 10.5. The smallest absolute Gasteiger partial charge is 0.325 e. The Morgan fingerprint density at radius 2 is 2.09 bits per heavy atom. The first-order valence-electron chi connectivity index (χ1n) is 7.04. The number of aromatic nitrogens is 1. The fraction of sp³-hybridized carbons (Fsp3) is 0.294. The number of ether oxygens (including phenoxy) is 1. The summed E-state index contributed by atoms with van der Waals surface area (Å²) in [7, 11) is 1.57. The maximum atomic E-state index is 11.5. The van der Waals surface area contributed by atoms with Crippen LogP contribution in [0.4, 0.5) is 0 Å². The van der Waals surface area contributed by atoms with Crippen molar-refractivity contribution >= 4 is 5.97 Å². The summed E-state index contributed by atoms with van der Waals surface area (Å²) in [5, 5.41) is 12.5. The molecule has 2 N–H and O–H groups in total. The number of carboxylic acid groups (broad SMARTS) is 1. The van der Waals surface area contributed by atoms with Gasteiger partial charge in [-0.15, -0.1) is 0 Å². The number of pyridine rings is 1. The number of aryl methyl sites for hydroxylation is 2. The molecule has 0 fully saturated rings. The number of methoxy groups -OCH3 is 1. The highest BCUT2D eigenvalue weighted by atomic mass is 16.5. The van der Waals surface area contributed by atoms with Crippen molar-refractivity contribution in [3.8, 4) is 5.88 Å². The number of nitrogens with one attached hydrogen (secondary N) is 1. The van der Waals surface area contributed by atoms with E-state index in [2.05, 4.69) is 10.3 Å². The third-order valence-corrected chi connectivity index (χ3v) is 3.41. The van der Waals surface area contributed by atoms with E-state index in [1.54, 1.807) is 7.11 Å². The summed E-state index contributed by atoms with van der Waals surface area (Å²) >= 11 is 0. The van der Waals surface area contributed by atoms with Gasteiger partial charge in [-0.05, 0) is 25.5 Å². The Hall–Kier alpha value is -2.40. The van der Waals surface area contributed by atoms with Crippen LogP contribution in [0.5, 0.6) is 5.88 Å². The molecular weight excluding hydrogens is 280 g/mol. The predicted octanol–water partition coefficient (Wildman–Crippen LogP) is 2.62. The fourth-order valence-corrected chi connectivity index (χ4v) is 2.26. The lowest BCUT2D eigenvalue weighted by Crippen LogP contribution is -2.28. The Bertz CT molecular complexity index is 671. The second kappa shape index (κ2) is 7.04. The van der Waals surface area contributed by atoms with Crippen LogP contribution in [0.25, 0.3) is 0 Å². The van der Waals surface area contributed by atoms with Gasteiger partial charge < -0.3 is 9.84 Å². The lowest BCUT2D eigenvalue weighted by Gasteiger charge is -2.15. The Morgan fingerprint density at radius 1 is 1.32 bits per heavy atom. The van der Waals surface area contributed by atoms with Gasteiger partial charge in [-0.1, -0.05) is 35.9 Å². The van der Waals surface area contributed by atoms with Crippen LogP contribution in [-0.2, 0) is 11.3 Å². The van der Waals surface area contributed by atoms with Gasteiger partial charge in [0.2, 0.25) is 5.88 Å². The van der Waals surface area contributed by atoms with Gasteiger partial charge in [0.25, 0.3) is 0 Å².